The molecule has 0 aromatic heterocycles. The van der Waals surface area contributed by atoms with Gasteiger partial charge in [0, 0.05) is 24.1 Å². The zero-order chi connectivity index (χ0) is 21.3. The molecule has 166 valence electrons. The number of aliphatic hydroxyl groups excluding tert-OH is 1. The van der Waals surface area contributed by atoms with Gasteiger partial charge in [-0.25, -0.2) is 4.39 Å². The summed E-state index contributed by atoms with van der Waals surface area (Å²) in [6.07, 6.45) is 3.12. The van der Waals surface area contributed by atoms with Gasteiger partial charge in [-0.05, 0) is 63.1 Å². The van der Waals surface area contributed by atoms with E-state index in [1.165, 1.54) is 11.6 Å². The lowest BCUT2D eigenvalue weighted by atomic mass is 9.94. The number of aliphatic hydroxyl groups is 1. The van der Waals surface area contributed by atoms with Crippen LogP contribution in [0.15, 0.2) is 48.5 Å². The Balaban J connectivity index is 0.00000450. The molecule has 0 aliphatic carbocycles. The van der Waals surface area contributed by atoms with E-state index in [9.17, 15) is 14.3 Å². The van der Waals surface area contributed by atoms with E-state index >= 15 is 0 Å². The van der Waals surface area contributed by atoms with E-state index < -0.39 is 17.9 Å². The molecule has 0 saturated carbocycles. The van der Waals surface area contributed by atoms with Crippen LogP contribution >= 0.6 is 12.4 Å². The largest absolute Gasteiger partial charge is 0.481 e. The number of benzene rings is 2. The Morgan fingerprint density at radius 2 is 1.73 bits per heavy atom. The number of carboxylic acid groups (broad SMARTS) is 1. The lowest BCUT2D eigenvalue weighted by Crippen LogP contribution is -2.41. The predicted molar refractivity (Wildman–Crippen MR) is 121 cm³/mol. The minimum Gasteiger partial charge on any atom is -0.481 e. The van der Waals surface area contributed by atoms with E-state index in [0.717, 1.165) is 24.8 Å². The van der Waals surface area contributed by atoms with Crippen LogP contribution in [-0.2, 0) is 17.6 Å². The molecule has 0 radical (unpaired) electrons. The van der Waals surface area contributed by atoms with Gasteiger partial charge in [0.1, 0.15) is 5.82 Å². The minimum atomic E-state index is -0.956. The number of halogens is 2. The van der Waals surface area contributed by atoms with E-state index in [1.54, 1.807) is 12.1 Å². The third-order valence-corrected chi connectivity index (χ3v) is 5.16. The highest BCUT2D eigenvalue weighted by Gasteiger charge is 2.20. The van der Waals surface area contributed by atoms with E-state index in [2.05, 4.69) is 31.3 Å². The fourth-order valence-electron chi connectivity index (χ4n) is 3.40. The molecule has 4 nitrogen and oxygen atoms in total. The Morgan fingerprint density at radius 1 is 1.07 bits per heavy atom. The third-order valence-electron chi connectivity index (χ3n) is 5.16. The summed E-state index contributed by atoms with van der Waals surface area (Å²) in [6.45, 7) is 4.43. The van der Waals surface area contributed by atoms with Crippen molar-refractivity contribution in [2.24, 2.45) is 0 Å². The first-order valence-corrected chi connectivity index (χ1v) is 10.2. The van der Waals surface area contributed by atoms with Crippen molar-refractivity contribution in [3.05, 3.63) is 71.0 Å². The first-order chi connectivity index (χ1) is 13.8. The van der Waals surface area contributed by atoms with Gasteiger partial charge in [-0.1, -0.05) is 42.5 Å². The van der Waals surface area contributed by atoms with Crippen molar-refractivity contribution in [1.82, 2.24) is 5.32 Å². The first-order valence-electron chi connectivity index (χ1n) is 10.2. The molecule has 3 N–H and O–H groups in total. The van der Waals surface area contributed by atoms with Crippen LogP contribution in [0.3, 0.4) is 0 Å². The quantitative estimate of drug-likeness (QED) is 0.433. The Bertz CT molecular complexity index is 783. The van der Waals surface area contributed by atoms with Gasteiger partial charge in [0.05, 0.1) is 6.10 Å². The number of nitrogens with one attached hydrogen (secondary N) is 1. The molecule has 0 aliphatic heterocycles. The number of hydrogen-bond donors (Lipinski definition) is 3. The van der Waals surface area contributed by atoms with Crippen molar-refractivity contribution >= 4 is 18.4 Å². The predicted octanol–water partition coefficient (Wildman–Crippen LogP) is 5.08. The fourth-order valence-corrected chi connectivity index (χ4v) is 3.40. The second-order valence-corrected chi connectivity index (χ2v) is 8.22. The van der Waals surface area contributed by atoms with Crippen molar-refractivity contribution in [2.75, 3.05) is 6.54 Å². The highest BCUT2D eigenvalue weighted by atomic mass is 35.5. The van der Waals surface area contributed by atoms with Crippen LogP contribution in [0.5, 0.6) is 0 Å². The highest BCUT2D eigenvalue weighted by Crippen LogP contribution is 2.21. The first kappa shape index (κ1) is 26.1. The van der Waals surface area contributed by atoms with Crippen molar-refractivity contribution in [3.8, 4) is 0 Å². The van der Waals surface area contributed by atoms with E-state index in [1.807, 2.05) is 18.2 Å². The maximum Gasteiger partial charge on any atom is 0.303 e. The van der Waals surface area contributed by atoms with Crippen molar-refractivity contribution < 1.29 is 19.4 Å². The molecule has 0 spiro atoms. The summed E-state index contributed by atoms with van der Waals surface area (Å²) in [7, 11) is 0. The number of aliphatic carboxylic acids is 1. The Hall–Kier alpha value is -1.95. The molecule has 0 fully saturated rings. The minimum absolute atomic E-state index is 0. The van der Waals surface area contributed by atoms with Crippen LogP contribution in [0.4, 0.5) is 4.39 Å². The van der Waals surface area contributed by atoms with Crippen LogP contribution < -0.4 is 5.32 Å². The molecule has 0 amide bonds. The smallest absolute Gasteiger partial charge is 0.303 e. The zero-order valence-electron chi connectivity index (χ0n) is 17.7. The summed E-state index contributed by atoms with van der Waals surface area (Å²) < 4.78 is 14.2. The number of carbonyl (C=O) groups is 1. The molecule has 2 aromatic carbocycles. The van der Waals surface area contributed by atoms with E-state index in [0.29, 0.717) is 12.8 Å². The standard InChI is InChI=1S/C24H32FNO3.ClH/c1-24(2,15-7-11-18-8-4-3-5-9-18)26-17-22(27)20-16-19(13-14-21(20)25)10-6-12-23(28)29;/h3-5,8-9,13-14,16,22,26-27H,6-7,10-12,15,17H2,1-2H3,(H,28,29);1H/t22-;/m1./s1. The lowest BCUT2D eigenvalue weighted by Gasteiger charge is -2.28. The number of carboxylic acids is 1. The molecule has 0 aliphatic rings. The van der Waals surface area contributed by atoms with Gasteiger partial charge in [0.2, 0.25) is 0 Å². The second-order valence-electron chi connectivity index (χ2n) is 8.22. The molecule has 1 atom stereocenters. The monoisotopic (exact) mass is 437 g/mol. The topological polar surface area (TPSA) is 69.6 Å². The Morgan fingerprint density at radius 3 is 2.40 bits per heavy atom. The number of β-amino-alcohol motifs (C(OH)–C–C–N with tert-alkyl or cyclic N) is 1. The van der Waals surface area contributed by atoms with Gasteiger partial charge in [0.25, 0.3) is 0 Å². The normalized spacial score (nSPS) is 12.3. The number of aryl methyl sites for hydroxylation is 2. The van der Waals surface area contributed by atoms with Gasteiger partial charge in [-0.15, -0.1) is 12.4 Å². The molecule has 0 bridgehead atoms. The molecule has 2 aromatic rings. The van der Waals surface area contributed by atoms with Crippen LogP contribution in [0.1, 0.15) is 62.3 Å². The van der Waals surface area contributed by atoms with E-state index in [4.69, 9.17) is 5.11 Å². The molecule has 30 heavy (non-hydrogen) atoms. The van der Waals surface area contributed by atoms with Crippen LogP contribution in [0.2, 0.25) is 0 Å². The number of hydrogen-bond acceptors (Lipinski definition) is 3. The molecular weight excluding hydrogens is 405 g/mol. The van der Waals surface area contributed by atoms with Gasteiger partial charge in [-0.3, -0.25) is 4.79 Å². The Labute approximate surface area is 184 Å². The third kappa shape index (κ3) is 9.24. The molecule has 0 saturated heterocycles. The fraction of sp³-hybridized carbons (Fsp3) is 0.458. The maximum atomic E-state index is 14.2. The Kier molecular flexibility index (Phi) is 11.0. The summed E-state index contributed by atoms with van der Waals surface area (Å²) in [6, 6.07) is 15.0. The number of rotatable bonds is 12. The van der Waals surface area contributed by atoms with Gasteiger partial charge >= 0.3 is 5.97 Å². The van der Waals surface area contributed by atoms with Crippen LogP contribution in [0, 0.1) is 5.82 Å². The summed E-state index contributed by atoms with van der Waals surface area (Å²) in [5.41, 5.74) is 2.23. The van der Waals surface area contributed by atoms with Gasteiger partial charge in [0.15, 0.2) is 0 Å². The van der Waals surface area contributed by atoms with Crippen LogP contribution in [0.25, 0.3) is 0 Å². The van der Waals surface area contributed by atoms with Crippen molar-refractivity contribution in [2.45, 2.75) is 64.0 Å². The molecule has 0 heterocycles. The summed E-state index contributed by atoms with van der Waals surface area (Å²) in [5, 5.41) is 22.6. The molecule has 0 unspecified atom stereocenters. The van der Waals surface area contributed by atoms with Gasteiger partial charge in [-0.2, -0.15) is 0 Å². The van der Waals surface area contributed by atoms with Gasteiger partial charge < -0.3 is 15.5 Å². The SMILES string of the molecule is CC(C)(CCCc1ccccc1)NC[C@@H](O)c1cc(CCCC(=O)O)ccc1F.Cl. The van der Waals surface area contributed by atoms with Crippen molar-refractivity contribution in [3.63, 3.8) is 0 Å². The highest BCUT2D eigenvalue weighted by molar-refractivity contribution is 5.85. The molecular formula is C24H33ClFNO3. The van der Waals surface area contributed by atoms with Crippen LogP contribution in [-0.4, -0.2) is 28.3 Å². The summed E-state index contributed by atoms with van der Waals surface area (Å²) >= 11 is 0. The zero-order valence-corrected chi connectivity index (χ0v) is 18.6. The average molecular weight is 438 g/mol. The average Bonchev–Trinajstić information content (AvgIpc) is 2.68. The van der Waals surface area contributed by atoms with E-state index in [-0.39, 0.29) is 36.5 Å². The molecule has 2 rings (SSSR count). The second kappa shape index (κ2) is 12.7. The maximum absolute atomic E-state index is 14.2. The molecule has 6 heteroatoms. The lowest BCUT2D eigenvalue weighted by molar-refractivity contribution is -0.137. The summed E-state index contributed by atoms with van der Waals surface area (Å²) in [5.74, 6) is -1.28. The van der Waals surface area contributed by atoms with Crippen molar-refractivity contribution in [1.29, 1.82) is 0 Å². The summed E-state index contributed by atoms with van der Waals surface area (Å²) in [4.78, 5) is 10.6.